The van der Waals surface area contributed by atoms with Crippen LogP contribution in [0.3, 0.4) is 0 Å². The molecule has 11 heteroatoms. The highest BCUT2D eigenvalue weighted by Gasteiger charge is 2.27. The maximum absolute atomic E-state index is 13.2. The molecule has 0 unspecified atom stereocenters. The van der Waals surface area contributed by atoms with Crippen molar-refractivity contribution in [2.45, 2.75) is 49.4 Å². The molecule has 0 spiro atoms. The summed E-state index contributed by atoms with van der Waals surface area (Å²) >= 11 is 1.62. The molecular weight excluding hydrogens is 651 g/mol. The van der Waals surface area contributed by atoms with Crippen LogP contribution in [-0.4, -0.2) is 43.4 Å². The molecular formula is C36H37N3O5S3. The number of sulfonamides is 1. The van der Waals surface area contributed by atoms with Crippen molar-refractivity contribution in [3.63, 3.8) is 0 Å². The fraction of sp³-hybridized carbons (Fsp3) is 0.250. The van der Waals surface area contributed by atoms with Crippen LogP contribution >= 0.6 is 11.3 Å². The van der Waals surface area contributed by atoms with Crippen LogP contribution in [0.4, 0.5) is 0 Å². The van der Waals surface area contributed by atoms with E-state index in [0.29, 0.717) is 18.0 Å². The summed E-state index contributed by atoms with van der Waals surface area (Å²) in [5.41, 5.74) is 5.64. The average Bonchev–Trinajstić information content (AvgIpc) is 3.57. The van der Waals surface area contributed by atoms with Crippen LogP contribution in [-0.2, 0) is 33.7 Å². The fourth-order valence-corrected chi connectivity index (χ4v) is 9.28. The number of fused-ring (bicyclic) bond motifs is 4. The number of aryl methyl sites for hydroxylation is 3. The molecule has 0 saturated carbocycles. The Hall–Kier alpha value is -3.87. The Kier molecular flexibility index (Phi) is 9.37. The second-order valence-electron chi connectivity index (χ2n) is 11.7. The van der Waals surface area contributed by atoms with Crippen LogP contribution in [0.25, 0.3) is 44.2 Å². The van der Waals surface area contributed by atoms with Gasteiger partial charge in [-0.25, -0.2) is 16.8 Å². The number of piperidine rings is 1. The van der Waals surface area contributed by atoms with Gasteiger partial charge in [0.05, 0.1) is 9.79 Å². The zero-order valence-corrected chi connectivity index (χ0v) is 29.0. The number of aromatic nitrogens is 2. The van der Waals surface area contributed by atoms with Gasteiger partial charge in [-0.05, 0) is 80.8 Å². The third-order valence-corrected chi connectivity index (χ3v) is 12.5. The van der Waals surface area contributed by atoms with Crippen molar-refractivity contribution in [2.24, 2.45) is 7.05 Å². The Morgan fingerprint density at radius 2 is 1.49 bits per heavy atom. The minimum atomic E-state index is -4.27. The Morgan fingerprint density at radius 1 is 0.809 bits per heavy atom. The number of hydrogen-bond acceptors (Lipinski definition) is 6. The highest BCUT2D eigenvalue weighted by molar-refractivity contribution is 7.89. The van der Waals surface area contributed by atoms with Crippen LogP contribution in [0.5, 0.6) is 0 Å². The molecule has 0 atom stereocenters. The summed E-state index contributed by atoms with van der Waals surface area (Å²) in [6, 6.07) is 26.5. The second kappa shape index (κ2) is 13.3. The Bertz CT molecular complexity index is 2330. The SMILES string of the molecule is CCn1c2ccccc2c2cc(/C=C/c3sc4cc(S(=O)(=O)N5CCCCC5)ccc4[n+]3C)ccc21.Cc1ccc(S(=O)(=O)[O-])cc1. The van der Waals surface area contributed by atoms with Crippen LogP contribution in [0.15, 0.2) is 94.7 Å². The summed E-state index contributed by atoms with van der Waals surface area (Å²) in [6.45, 7) is 6.18. The van der Waals surface area contributed by atoms with Gasteiger partial charge >= 0.3 is 0 Å². The van der Waals surface area contributed by atoms with Gasteiger partial charge in [-0.15, -0.1) is 0 Å². The van der Waals surface area contributed by atoms with Crippen molar-refractivity contribution < 1.29 is 26.0 Å². The normalized spacial score (nSPS) is 14.6. The van der Waals surface area contributed by atoms with Gasteiger partial charge < -0.3 is 9.12 Å². The minimum absolute atomic E-state index is 0.178. The topological polar surface area (TPSA) is 103 Å². The summed E-state index contributed by atoms with van der Waals surface area (Å²) in [5, 5.41) is 3.62. The van der Waals surface area contributed by atoms with Crippen molar-refractivity contribution in [2.75, 3.05) is 13.1 Å². The predicted molar refractivity (Wildman–Crippen MR) is 189 cm³/mol. The van der Waals surface area contributed by atoms with Crippen LogP contribution < -0.4 is 4.57 Å². The predicted octanol–water partition coefficient (Wildman–Crippen LogP) is 7.10. The molecule has 4 aromatic carbocycles. The van der Waals surface area contributed by atoms with Crippen molar-refractivity contribution in [1.82, 2.24) is 8.87 Å². The van der Waals surface area contributed by atoms with Crippen LogP contribution in [0.2, 0.25) is 0 Å². The number of nitrogens with zero attached hydrogens (tertiary/aromatic N) is 3. The monoisotopic (exact) mass is 687 g/mol. The maximum atomic E-state index is 13.2. The van der Waals surface area contributed by atoms with Gasteiger partial charge in [-0.1, -0.05) is 59.7 Å². The first-order valence-electron chi connectivity index (χ1n) is 15.6. The molecule has 1 saturated heterocycles. The zero-order chi connectivity index (χ0) is 33.3. The Balaban J connectivity index is 0.000000300. The standard InChI is InChI=1S/C29H30N3O2S2.C7H8O3S/c1-3-32-25-10-6-5-9-23(25)24-19-21(11-14-26(24)32)12-16-29-30(2)27-15-13-22(20-28(27)35-29)36(33,34)31-17-7-4-8-18-31;1-6-2-4-7(5-3-6)11(8,9)10/h5-6,9-16,19-20H,3-4,7-8,17-18H2,1-2H3;2-5H,1H3,(H,8,9,10)/q+1;/p-1. The third-order valence-electron chi connectivity index (χ3n) is 8.63. The van der Waals surface area contributed by atoms with E-state index < -0.39 is 20.1 Å². The molecule has 8 nitrogen and oxygen atoms in total. The first-order chi connectivity index (χ1) is 22.5. The molecule has 0 N–H and O–H groups in total. The molecule has 0 aliphatic carbocycles. The van der Waals surface area contributed by atoms with Gasteiger partial charge in [0.15, 0.2) is 0 Å². The van der Waals surface area contributed by atoms with Crippen molar-refractivity contribution in [1.29, 1.82) is 0 Å². The van der Waals surface area contributed by atoms with Gasteiger partial charge in [-0.3, -0.25) is 0 Å². The number of thiazole rings is 1. The van der Waals surface area contributed by atoms with E-state index in [1.165, 1.54) is 33.9 Å². The lowest BCUT2D eigenvalue weighted by Gasteiger charge is -2.25. The van der Waals surface area contributed by atoms with E-state index in [0.717, 1.165) is 52.2 Å². The minimum Gasteiger partial charge on any atom is -0.744 e. The number of benzene rings is 4. The van der Waals surface area contributed by atoms with E-state index in [-0.39, 0.29) is 4.90 Å². The molecule has 7 rings (SSSR count). The van der Waals surface area contributed by atoms with Gasteiger partial charge in [0.25, 0.3) is 5.01 Å². The van der Waals surface area contributed by atoms with Crippen LogP contribution in [0.1, 0.15) is 42.3 Å². The molecule has 47 heavy (non-hydrogen) atoms. The quantitative estimate of drug-likeness (QED) is 0.137. The zero-order valence-electron chi connectivity index (χ0n) is 26.6. The number of hydrogen-bond donors (Lipinski definition) is 0. The smallest absolute Gasteiger partial charge is 0.262 e. The van der Waals surface area contributed by atoms with Crippen molar-refractivity contribution in [3.05, 3.63) is 101 Å². The first kappa shape index (κ1) is 33.0. The lowest BCUT2D eigenvalue weighted by molar-refractivity contribution is -0.642. The van der Waals surface area contributed by atoms with Crippen LogP contribution in [0, 0.1) is 6.92 Å². The molecule has 1 aliphatic heterocycles. The summed E-state index contributed by atoms with van der Waals surface area (Å²) in [6.07, 6.45) is 7.26. The van der Waals surface area contributed by atoms with Gasteiger partial charge in [-0.2, -0.15) is 8.87 Å². The second-order valence-corrected chi connectivity index (χ2v) is 16.1. The molecule has 1 aliphatic rings. The van der Waals surface area contributed by atoms with E-state index in [9.17, 15) is 21.4 Å². The summed E-state index contributed by atoms with van der Waals surface area (Å²) < 4.78 is 64.6. The first-order valence-corrected chi connectivity index (χ1v) is 19.3. The van der Waals surface area contributed by atoms with Gasteiger partial charge in [0.2, 0.25) is 15.5 Å². The lowest BCUT2D eigenvalue weighted by atomic mass is 10.1. The molecule has 0 radical (unpaired) electrons. The highest BCUT2D eigenvalue weighted by atomic mass is 32.2. The van der Waals surface area contributed by atoms with Gasteiger partial charge in [0.1, 0.15) is 21.9 Å². The molecule has 0 bridgehead atoms. The van der Waals surface area contributed by atoms with E-state index in [4.69, 9.17) is 0 Å². The van der Waals surface area contributed by atoms with Crippen molar-refractivity contribution in [3.8, 4) is 0 Å². The molecule has 3 heterocycles. The summed E-state index contributed by atoms with van der Waals surface area (Å²) in [7, 11) is -5.67. The number of rotatable bonds is 6. The largest absolute Gasteiger partial charge is 0.744 e. The lowest BCUT2D eigenvalue weighted by Crippen LogP contribution is -2.35. The van der Waals surface area contributed by atoms with E-state index in [1.54, 1.807) is 33.8 Å². The van der Waals surface area contributed by atoms with E-state index in [2.05, 4.69) is 70.7 Å². The molecule has 244 valence electrons. The third kappa shape index (κ3) is 6.77. The average molecular weight is 688 g/mol. The summed E-state index contributed by atoms with van der Waals surface area (Å²) in [4.78, 5) is 0.218. The molecule has 1 fully saturated rings. The molecule has 6 aromatic rings. The van der Waals surface area contributed by atoms with Crippen molar-refractivity contribution >= 4 is 75.7 Å². The molecule has 0 amide bonds. The highest BCUT2D eigenvalue weighted by Crippen LogP contribution is 2.31. The maximum Gasteiger partial charge on any atom is 0.262 e. The number of para-hydroxylation sites is 1. The Morgan fingerprint density at radius 3 is 2.19 bits per heavy atom. The fourth-order valence-electron chi connectivity index (χ4n) is 6.10. The molecule has 2 aromatic heterocycles. The van der Waals surface area contributed by atoms with E-state index in [1.807, 2.05) is 26.1 Å². The van der Waals surface area contributed by atoms with E-state index >= 15 is 0 Å². The van der Waals surface area contributed by atoms with Gasteiger partial charge in [0, 0.05) is 53.6 Å². The summed E-state index contributed by atoms with van der Waals surface area (Å²) in [5.74, 6) is 0. The Labute approximate surface area is 280 Å².